The van der Waals surface area contributed by atoms with Crippen LogP contribution in [0, 0.1) is 17.5 Å². The molecule has 2 aromatic carbocycles. The third-order valence-electron chi connectivity index (χ3n) is 4.38. The van der Waals surface area contributed by atoms with E-state index >= 15 is 4.39 Å². The van der Waals surface area contributed by atoms with Crippen molar-refractivity contribution in [1.82, 2.24) is 15.5 Å². The molecule has 0 saturated carbocycles. The van der Waals surface area contributed by atoms with Gasteiger partial charge >= 0.3 is 0 Å². The SMILES string of the molecule is Fc1cccc(C2=CCNCc3c2ccc(-c2cccnn2)c3F)c1F. The minimum absolute atomic E-state index is 0.113. The second-order valence-electron chi connectivity index (χ2n) is 5.91. The van der Waals surface area contributed by atoms with Gasteiger partial charge in [0.05, 0.1) is 5.69 Å². The van der Waals surface area contributed by atoms with Crippen molar-refractivity contribution in [3.05, 3.63) is 88.9 Å². The second kappa shape index (κ2) is 6.72. The Kier molecular flexibility index (Phi) is 4.26. The largest absolute Gasteiger partial charge is 0.309 e. The van der Waals surface area contributed by atoms with E-state index in [-0.39, 0.29) is 12.1 Å². The van der Waals surface area contributed by atoms with Crippen LogP contribution in [0.2, 0.25) is 0 Å². The molecule has 3 nitrogen and oxygen atoms in total. The van der Waals surface area contributed by atoms with Crippen LogP contribution in [0.15, 0.2) is 54.7 Å². The highest BCUT2D eigenvalue weighted by Gasteiger charge is 2.22. The molecule has 0 bridgehead atoms. The highest BCUT2D eigenvalue weighted by Crippen LogP contribution is 2.34. The third kappa shape index (κ3) is 2.78. The fourth-order valence-corrected chi connectivity index (χ4v) is 3.14. The maximum Gasteiger partial charge on any atom is 0.166 e. The molecule has 2 heterocycles. The lowest BCUT2D eigenvalue weighted by Gasteiger charge is -2.15. The molecular weight excluding hydrogens is 339 g/mol. The van der Waals surface area contributed by atoms with Crippen LogP contribution in [-0.2, 0) is 6.54 Å². The zero-order valence-electron chi connectivity index (χ0n) is 13.6. The van der Waals surface area contributed by atoms with Gasteiger partial charge in [-0.2, -0.15) is 10.2 Å². The molecule has 26 heavy (non-hydrogen) atoms. The topological polar surface area (TPSA) is 37.8 Å². The van der Waals surface area contributed by atoms with Gasteiger partial charge < -0.3 is 5.32 Å². The predicted octanol–water partition coefficient (Wildman–Crippen LogP) is 4.10. The molecule has 1 N–H and O–H groups in total. The molecule has 6 heteroatoms. The van der Waals surface area contributed by atoms with E-state index in [1.165, 1.54) is 18.3 Å². The summed E-state index contributed by atoms with van der Waals surface area (Å²) in [6, 6.07) is 10.7. The number of hydrogen-bond acceptors (Lipinski definition) is 3. The first kappa shape index (κ1) is 16.5. The van der Waals surface area contributed by atoms with Crippen molar-refractivity contribution in [3.8, 4) is 11.3 Å². The molecule has 0 saturated heterocycles. The average molecular weight is 353 g/mol. The van der Waals surface area contributed by atoms with Crippen LogP contribution in [0.5, 0.6) is 0 Å². The quantitative estimate of drug-likeness (QED) is 0.754. The summed E-state index contributed by atoms with van der Waals surface area (Å²) in [6.45, 7) is 0.687. The smallest absolute Gasteiger partial charge is 0.166 e. The van der Waals surface area contributed by atoms with E-state index in [0.29, 0.717) is 34.5 Å². The zero-order chi connectivity index (χ0) is 18.1. The highest BCUT2D eigenvalue weighted by molar-refractivity contribution is 5.83. The van der Waals surface area contributed by atoms with Crippen LogP contribution in [0.1, 0.15) is 16.7 Å². The molecule has 0 aliphatic carbocycles. The summed E-state index contributed by atoms with van der Waals surface area (Å²) in [7, 11) is 0. The van der Waals surface area contributed by atoms with Crippen molar-refractivity contribution in [3.63, 3.8) is 0 Å². The van der Waals surface area contributed by atoms with Gasteiger partial charge in [0.15, 0.2) is 11.6 Å². The molecule has 0 atom stereocenters. The molecule has 0 unspecified atom stereocenters. The Labute approximate surface area is 148 Å². The number of rotatable bonds is 2. The third-order valence-corrected chi connectivity index (χ3v) is 4.38. The van der Waals surface area contributed by atoms with Crippen LogP contribution < -0.4 is 5.32 Å². The van der Waals surface area contributed by atoms with E-state index in [1.807, 2.05) is 0 Å². The Hall–Kier alpha value is -2.99. The summed E-state index contributed by atoms with van der Waals surface area (Å²) in [6.07, 6.45) is 3.26. The summed E-state index contributed by atoms with van der Waals surface area (Å²) in [5.41, 5.74) is 2.23. The van der Waals surface area contributed by atoms with Crippen molar-refractivity contribution in [2.24, 2.45) is 0 Å². The number of benzene rings is 2. The molecular formula is C20H14F3N3. The van der Waals surface area contributed by atoms with Gasteiger partial charge in [0.25, 0.3) is 0 Å². The van der Waals surface area contributed by atoms with Gasteiger partial charge in [0, 0.05) is 36.0 Å². The first-order valence-electron chi connectivity index (χ1n) is 8.12. The van der Waals surface area contributed by atoms with Gasteiger partial charge in [0.1, 0.15) is 5.82 Å². The standard InChI is InChI=1S/C20H14F3N3/c21-17-4-1-3-14(20(17)23)13-8-10-24-11-16-12(13)6-7-15(19(16)22)18-5-2-9-25-26-18/h1-9,24H,10-11H2. The molecule has 1 aliphatic rings. The van der Waals surface area contributed by atoms with Gasteiger partial charge in [-0.25, -0.2) is 13.2 Å². The van der Waals surface area contributed by atoms with Crippen molar-refractivity contribution in [2.45, 2.75) is 6.54 Å². The van der Waals surface area contributed by atoms with E-state index in [9.17, 15) is 8.78 Å². The first-order valence-corrected chi connectivity index (χ1v) is 8.12. The Balaban J connectivity index is 1.89. The second-order valence-corrected chi connectivity index (χ2v) is 5.91. The number of fused-ring (bicyclic) bond motifs is 1. The van der Waals surface area contributed by atoms with E-state index in [4.69, 9.17) is 0 Å². The summed E-state index contributed by atoms with van der Waals surface area (Å²) in [5.74, 6) is -2.32. The summed E-state index contributed by atoms with van der Waals surface area (Å²) in [4.78, 5) is 0. The molecule has 0 spiro atoms. The Bertz CT molecular complexity index is 1000. The summed E-state index contributed by atoms with van der Waals surface area (Å²) < 4.78 is 43.2. The molecule has 0 radical (unpaired) electrons. The summed E-state index contributed by atoms with van der Waals surface area (Å²) >= 11 is 0. The van der Waals surface area contributed by atoms with Gasteiger partial charge in [0.2, 0.25) is 0 Å². The molecule has 1 aliphatic heterocycles. The fourth-order valence-electron chi connectivity index (χ4n) is 3.14. The van der Waals surface area contributed by atoms with E-state index < -0.39 is 17.5 Å². The van der Waals surface area contributed by atoms with Crippen LogP contribution >= 0.6 is 0 Å². The fraction of sp³-hybridized carbons (Fsp3) is 0.100. The Morgan fingerprint density at radius 2 is 1.69 bits per heavy atom. The number of halogens is 3. The Morgan fingerprint density at radius 1 is 0.846 bits per heavy atom. The first-order chi connectivity index (χ1) is 12.7. The Morgan fingerprint density at radius 3 is 2.50 bits per heavy atom. The molecule has 130 valence electrons. The molecule has 4 rings (SSSR count). The zero-order valence-corrected chi connectivity index (χ0v) is 13.6. The monoisotopic (exact) mass is 353 g/mol. The van der Waals surface area contributed by atoms with Crippen LogP contribution in [-0.4, -0.2) is 16.7 Å². The van der Waals surface area contributed by atoms with Crippen molar-refractivity contribution >= 4 is 5.57 Å². The molecule has 1 aromatic heterocycles. The molecule has 0 fully saturated rings. The summed E-state index contributed by atoms with van der Waals surface area (Å²) in [5, 5.41) is 10.8. The van der Waals surface area contributed by atoms with Gasteiger partial charge in [-0.3, -0.25) is 0 Å². The lowest BCUT2D eigenvalue weighted by molar-refractivity contribution is 0.506. The van der Waals surface area contributed by atoms with Crippen LogP contribution in [0.3, 0.4) is 0 Å². The van der Waals surface area contributed by atoms with Crippen molar-refractivity contribution in [1.29, 1.82) is 0 Å². The van der Waals surface area contributed by atoms with Gasteiger partial charge in [-0.15, -0.1) is 0 Å². The maximum atomic E-state index is 15.2. The van der Waals surface area contributed by atoms with Crippen molar-refractivity contribution < 1.29 is 13.2 Å². The number of nitrogens with one attached hydrogen (secondary N) is 1. The maximum absolute atomic E-state index is 15.2. The number of nitrogens with zero attached hydrogens (tertiary/aromatic N) is 2. The average Bonchev–Trinajstić information content (AvgIpc) is 2.88. The number of hydrogen-bond donors (Lipinski definition) is 1. The van der Waals surface area contributed by atoms with E-state index in [2.05, 4.69) is 15.5 Å². The number of aromatic nitrogens is 2. The van der Waals surface area contributed by atoms with E-state index in [0.717, 1.165) is 6.07 Å². The molecule has 3 aromatic rings. The van der Waals surface area contributed by atoms with Gasteiger partial charge in [-0.1, -0.05) is 24.3 Å². The minimum atomic E-state index is -0.940. The lowest BCUT2D eigenvalue weighted by Crippen LogP contribution is -2.13. The molecule has 0 amide bonds. The van der Waals surface area contributed by atoms with Crippen LogP contribution in [0.4, 0.5) is 13.2 Å². The van der Waals surface area contributed by atoms with Crippen molar-refractivity contribution in [2.75, 3.05) is 6.54 Å². The van der Waals surface area contributed by atoms with Gasteiger partial charge in [-0.05, 0) is 35.4 Å². The lowest BCUT2D eigenvalue weighted by atomic mass is 9.91. The normalized spacial score (nSPS) is 13.7. The van der Waals surface area contributed by atoms with Crippen LogP contribution in [0.25, 0.3) is 16.8 Å². The van der Waals surface area contributed by atoms with E-state index in [1.54, 1.807) is 30.3 Å². The predicted molar refractivity (Wildman–Crippen MR) is 92.6 cm³/mol. The minimum Gasteiger partial charge on any atom is -0.309 e. The highest BCUT2D eigenvalue weighted by atomic mass is 19.2.